The minimum atomic E-state index is 0.205. The summed E-state index contributed by atoms with van der Waals surface area (Å²) < 4.78 is 5.09. The number of nitrogens with one attached hydrogen (secondary N) is 2. The molecule has 0 saturated carbocycles. The molecule has 0 spiro atoms. The normalized spacial score (nSPS) is 11.2. The van der Waals surface area contributed by atoms with Crippen LogP contribution in [0.5, 0.6) is 6.01 Å². The van der Waals surface area contributed by atoms with E-state index in [0.717, 1.165) is 25.9 Å². The first-order valence-corrected chi connectivity index (χ1v) is 6.78. The van der Waals surface area contributed by atoms with Crippen LogP contribution in [0.15, 0.2) is 0 Å². The van der Waals surface area contributed by atoms with Crippen molar-refractivity contribution >= 4 is 11.9 Å². The number of hydrogen-bond donors (Lipinski definition) is 2. The lowest BCUT2D eigenvalue weighted by Crippen LogP contribution is -2.23. The summed E-state index contributed by atoms with van der Waals surface area (Å²) in [5, 5.41) is 6.38. The highest BCUT2D eigenvalue weighted by Gasteiger charge is 2.16. The number of nitrogens with zero attached hydrogens (tertiary/aromatic N) is 3. The second-order valence-corrected chi connectivity index (χ2v) is 5.27. The third-order valence-corrected chi connectivity index (χ3v) is 3.01. The molecule has 0 aliphatic heterocycles. The van der Waals surface area contributed by atoms with Gasteiger partial charge < -0.3 is 15.4 Å². The molecule has 0 amide bonds. The third-order valence-electron chi connectivity index (χ3n) is 3.01. The molecular formula is C13H25N5O. The van der Waals surface area contributed by atoms with E-state index in [1.165, 1.54) is 0 Å². The Morgan fingerprint density at radius 2 is 1.68 bits per heavy atom. The quantitative estimate of drug-likeness (QED) is 0.754. The maximum absolute atomic E-state index is 5.09. The van der Waals surface area contributed by atoms with Gasteiger partial charge in [-0.15, -0.1) is 0 Å². The van der Waals surface area contributed by atoms with E-state index in [2.05, 4.69) is 53.3 Å². The first-order chi connectivity index (χ1) is 9.00. The summed E-state index contributed by atoms with van der Waals surface area (Å²) in [6.07, 6.45) is 2.10. The first-order valence-electron chi connectivity index (χ1n) is 6.78. The highest BCUT2D eigenvalue weighted by Crippen LogP contribution is 2.20. The standard InChI is InChI=1S/C13H25N5O/c1-6-8-14-10-16-11(18-12(17-10)19-5)15-9-13(3,4)7-2/h6-9H2,1-5H3,(H2,14,15,16,17,18). The van der Waals surface area contributed by atoms with Crippen LogP contribution >= 0.6 is 0 Å². The Balaban J connectivity index is 2.76. The number of anilines is 2. The molecule has 0 radical (unpaired) electrons. The highest BCUT2D eigenvalue weighted by atomic mass is 16.5. The molecule has 0 atom stereocenters. The predicted molar refractivity (Wildman–Crippen MR) is 77.7 cm³/mol. The maximum atomic E-state index is 5.09. The van der Waals surface area contributed by atoms with Gasteiger partial charge in [0.1, 0.15) is 0 Å². The van der Waals surface area contributed by atoms with E-state index in [9.17, 15) is 0 Å². The topological polar surface area (TPSA) is 72.0 Å². The Kier molecular flexibility index (Phi) is 5.79. The zero-order valence-electron chi connectivity index (χ0n) is 12.6. The van der Waals surface area contributed by atoms with Gasteiger partial charge in [-0.05, 0) is 18.3 Å². The first kappa shape index (κ1) is 15.5. The van der Waals surface area contributed by atoms with Gasteiger partial charge in [-0.3, -0.25) is 0 Å². The van der Waals surface area contributed by atoms with Crippen molar-refractivity contribution in [2.75, 3.05) is 30.8 Å². The number of ether oxygens (including phenoxy) is 1. The van der Waals surface area contributed by atoms with Crippen LogP contribution in [0, 0.1) is 5.41 Å². The van der Waals surface area contributed by atoms with Gasteiger partial charge in [-0.1, -0.05) is 27.7 Å². The lowest BCUT2D eigenvalue weighted by atomic mass is 9.90. The molecule has 1 heterocycles. The van der Waals surface area contributed by atoms with Gasteiger partial charge in [-0.25, -0.2) is 0 Å². The molecule has 0 aromatic carbocycles. The van der Waals surface area contributed by atoms with Gasteiger partial charge in [0, 0.05) is 13.1 Å². The van der Waals surface area contributed by atoms with E-state index in [1.807, 2.05) is 0 Å². The van der Waals surface area contributed by atoms with Gasteiger partial charge in [0.25, 0.3) is 0 Å². The SMILES string of the molecule is CCCNc1nc(NCC(C)(C)CC)nc(OC)n1. The molecule has 1 rings (SSSR count). The van der Waals surface area contributed by atoms with Crippen molar-refractivity contribution < 1.29 is 4.74 Å². The highest BCUT2D eigenvalue weighted by molar-refractivity contribution is 5.35. The predicted octanol–water partition coefficient (Wildman–Crippen LogP) is 2.55. The lowest BCUT2D eigenvalue weighted by molar-refractivity contribution is 0.370. The van der Waals surface area contributed by atoms with Crippen LogP contribution in [-0.2, 0) is 0 Å². The molecule has 2 N–H and O–H groups in total. The molecule has 1 aromatic heterocycles. The van der Waals surface area contributed by atoms with Crippen molar-refractivity contribution in [1.29, 1.82) is 0 Å². The van der Waals surface area contributed by atoms with Crippen LogP contribution in [0.25, 0.3) is 0 Å². The Hall–Kier alpha value is -1.59. The summed E-state index contributed by atoms with van der Waals surface area (Å²) in [6, 6.07) is 0.324. The van der Waals surface area contributed by atoms with Gasteiger partial charge in [0.15, 0.2) is 0 Å². The van der Waals surface area contributed by atoms with Gasteiger partial charge in [0.2, 0.25) is 11.9 Å². The molecule has 0 bridgehead atoms. The van der Waals surface area contributed by atoms with Crippen LogP contribution in [-0.4, -0.2) is 35.2 Å². The van der Waals surface area contributed by atoms with Gasteiger partial charge in [0.05, 0.1) is 7.11 Å². The number of aromatic nitrogens is 3. The number of rotatable bonds is 8. The lowest BCUT2D eigenvalue weighted by Gasteiger charge is -2.22. The minimum Gasteiger partial charge on any atom is -0.467 e. The van der Waals surface area contributed by atoms with Crippen molar-refractivity contribution in [2.45, 2.75) is 40.5 Å². The van der Waals surface area contributed by atoms with E-state index in [1.54, 1.807) is 7.11 Å². The summed E-state index contributed by atoms with van der Waals surface area (Å²) in [5.41, 5.74) is 0.205. The van der Waals surface area contributed by atoms with E-state index in [-0.39, 0.29) is 5.41 Å². The van der Waals surface area contributed by atoms with Crippen LogP contribution < -0.4 is 15.4 Å². The zero-order chi connectivity index (χ0) is 14.3. The van der Waals surface area contributed by atoms with Gasteiger partial charge >= 0.3 is 6.01 Å². The largest absolute Gasteiger partial charge is 0.467 e. The van der Waals surface area contributed by atoms with Gasteiger partial charge in [-0.2, -0.15) is 15.0 Å². The molecular weight excluding hydrogens is 242 g/mol. The molecule has 6 nitrogen and oxygen atoms in total. The molecule has 6 heteroatoms. The summed E-state index contributed by atoms with van der Waals surface area (Å²) >= 11 is 0. The van der Waals surface area contributed by atoms with Crippen LogP contribution in [0.3, 0.4) is 0 Å². The Morgan fingerprint density at radius 3 is 2.21 bits per heavy atom. The molecule has 1 aromatic rings. The monoisotopic (exact) mass is 267 g/mol. The average molecular weight is 267 g/mol. The van der Waals surface area contributed by atoms with Crippen molar-refractivity contribution in [1.82, 2.24) is 15.0 Å². The fraction of sp³-hybridized carbons (Fsp3) is 0.769. The second-order valence-electron chi connectivity index (χ2n) is 5.27. The van der Waals surface area contributed by atoms with Crippen LogP contribution in [0.2, 0.25) is 0 Å². The van der Waals surface area contributed by atoms with E-state index in [4.69, 9.17) is 4.74 Å². The van der Waals surface area contributed by atoms with Crippen molar-refractivity contribution in [2.24, 2.45) is 5.41 Å². The fourth-order valence-corrected chi connectivity index (χ4v) is 1.29. The zero-order valence-corrected chi connectivity index (χ0v) is 12.6. The molecule has 0 unspecified atom stereocenters. The summed E-state index contributed by atoms with van der Waals surface area (Å²) in [7, 11) is 1.55. The summed E-state index contributed by atoms with van der Waals surface area (Å²) in [6.45, 7) is 10.3. The van der Waals surface area contributed by atoms with Crippen molar-refractivity contribution in [3.63, 3.8) is 0 Å². The van der Waals surface area contributed by atoms with E-state index in [0.29, 0.717) is 17.9 Å². The molecule has 0 aliphatic carbocycles. The molecule has 19 heavy (non-hydrogen) atoms. The minimum absolute atomic E-state index is 0.205. The summed E-state index contributed by atoms with van der Waals surface area (Å²) in [4.78, 5) is 12.7. The fourth-order valence-electron chi connectivity index (χ4n) is 1.29. The summed E-state index contributed by atoms with van der Waals surface area (Å²) in [5.74, 6) is 1.09. The average Bonchev–Trinajstić information content (AvgIpc) is 2.42. The van der Waals surface area contributed by atoms with Crippen LogP contribution in [0.1, 0.15) is 40.5 Å². The molecule has 108 valence electrons. The Morgan fingerprint density at radius 1 is 1.05 bits per heavy atom. The number of hydrogen-bond acceptors (Lipinski definition) is 6. The van der Waals surface area contributed by atoms with Crippen LogP contribution in [0.4, 0.5) is 11.9 Å². The number of methoxy groups -OCH3 is 1. The molecule has 0 fully saturated rings. The van der Waals surface area contributed by atoms with Crippen molar-refractivity contribution in [3.8, 4) is 6.01 Å². The van der Waals surface area contributed by atoms with Crippen molar-refractivity contribution in [3.05, 3.63) is 0 Å². The van der Waals surface area contributed by atoms with E-state index >= 15 is 0 Å². The third kappa shape index (κ3) is 5.28. The smallest absolute Gasteiger partial charge is 0.322 e. The maximum Gasteiger partial charge on any atom is 0.322 e. The Labute approximate surface area is 115 Å². The van der Waals surface area contributed by atoms with E-state index < -0.39 is 0 Å². The second kappa shape index (κ2) is 7.11. The molecule has 0 saturated heterocycles. The Bertz CT molecular complexity index is 395. The molecule has 0 aliphatic rings.